The average molecular weight is 316 g/mol. The van der Waals surface area contributed by atoms with E-state index in [1.54, 1.807) is 46.6 Å². The molecule has 0 bridgehead atoms. The molecular weight excluding hydrogens is 296 g/mol. The Labute approximate surface area is 134 Å². The van der Waals surface area contributed by atoms with Crippen molar-refractivity contribution in [1.82, 2.24) is 9.47 Å². The largest absolute Gasteiger partial charge is 0.493 e. The van der Waals surface area contributed by atoms with Gasteiger partial charge in [0.05, 0.1) is 14.2 Å². The topological polar surface area (TPSA) is 60.8 Å². The van der Waals surface area contributed by atoms with E-state index in [4.69, 9.17) is 9.47 Å². The molecule has 0 aliphatic rings. The number of nitrogens with zero attached hydrogens (tertiary/aromatic N) is 2. The van der Waals surface area contributed by atoms with E-state index in [0.717, 1.165) is 5.56 Å². The van der Waals surface area contributed by atoms with Crippen molar-refractivity contribution in [2.24, 2.45) is 7.05 Å². The Morgan fingerprint density at radius 2 is 1.96 bits per heavy atom. The van der Waals surface area contributed by atoms with Crippen LogP contribution in [0.5, 0.6) is 11.5 Å². The molecule has 0 aliphatic carbocycles. The summed E-state index contributed by atoms with van der Waals surface area (Å²) >= 11 is 0. The van der Waals surface area contributed by atoms with Crippen molar-refractivity contribution < 1.29 is 14.3 Å². The van der Waals surface area contributed by atoms with E-state index < -0.39 is 0 Å². The summed E-state index contributed by atoms with van der Waals surface area (Å²) < 4.78 is 12.1. The minimum absolute atomic E-state index is 0.219. The van der Waals surface area contributed by atoms with Crippen LogP contribution in [0.25, 0.3) is 0 Å². The van der Waals surface area contributed by atoms with Crippen molar-refractivity contribution in [1.29, 1.82) is 0 Å². The highest BCUT2D eigenvalue weighted by atomic mass is 16.5. The minimum atomic E-state index is -0.229. The highest BCUT2D eigenvalue weighted by molar-refractivity contribution is 5.93. The zero-order valence-corrected chi connectivity index (χ0v) is 13.7. The number of aryl methyl sites for hydroxylation is 1. The van der Waals surface area contributed by atoms with E-state index in [9.17, 15) is 9.59 Å². The number of methoxy groups -OCH3 is 2. The van der Waals surface area contributed by atoms with Gasteiger partial charge in [0.1, 0.15) is 0 Å². The average Bonchev–Trinajstić information content (AvgIpc) is 2.56. The smallest absolute Gasteiger partial charge is 0.254 e. The van der Waals surface area contributed by atoms with Crippen LogP contribution in [0.1, 0.15) is 15.9 Å². The molecule has 0 atom stereocenters. The van der Waals surface area contributed by atoms with Crippen molar-refractivity contribution in [3.05, 3.63) is 58.0 Å². The van der Waals surface area contributed by atoms with Crippen molar-refractivity contribution >= 4 is 5.91 Å². The Balaban J connectivity index is 2.24. The zero-order valence-electron chi connectivity index (χ0n) is 13.7. The molecule has 1 aromatic heterocycles. The van der Waals surface area contributed by atoms with Gasteiger partial charge in [0.2, 0.25) is 0 Å². The second kappa shape index (κ2) is 7.00. The van der Waals surface area contributed by atoms with Gasteiger partial charge in [-0.25, -0.2) is 0 Å². The van der Waals surface area contributed by atoms with Gasteiger partial charge < -0.3 is 18.9 Å². The highest BCUT2D eigenvalue weighted by Gasteiger charge is 2.16. The number of amides is 1. The first-order valence-corrected chi connectivity index (χ1v) is 7.10. The lowest BCUT2D eigenvalue weighted by Crippen LogP contribution is -2.28. The summed E-state index contributed by atoms with van der Waals surface area (Å²) in [5, 5.41) is 0. The number of para-hydroxylation sites is 1. The zero-order chi connectivity index (χ0) is 17.0. The summed E-state index contributed by atoms with van der Waals surface area (Å²) in [5.74, 6) is 0.977. The molecule has 0 unspecified atom stereocenters. The van der Waals surface area contributed by atoms with Crippen LogP contribution < -0.4 is 15.0 Å². The molecular formula is C17H20N2O4. The molecule has 0 radical (unpaired) electrons. The second-order valence-corrected chi connectivity index (χ2v) is 5.18. The van der Waals surface area contributed by atoms with Crippen LogP contribution in [0.3, 0.4) is 0 Å². The molecule has 1 heterocycles. The van der Waals surface area contributed by atoms with E-state index in [-0.39, 0.29) is 11.5 Å². The first kappa shape index (κ1) is 16.6. The predicted molar refractivity (Wildman–Crippen MR) is 87.0 cm³/mol. The Morgan fingerprint density at radius 1 is 1.22 bits per heavy atom. The van der Waals surface area contributed by atoms with Crippen LogP contribution in [0.15, 0.2) is 41.3 Å². The van der Waals surface area contributed by atoms with Gasteiger partial charge in [-0.15, -0.1) is 0 Å². The van der Waals surface area contributed by atoms with Crippen LogP contribution in [-0.4, -0.2) is 36.6 Å². The molecule has 0 saturated heterocycles. The molecule has 6 heteroatoms. The predicted octanol–water partition coefficient (Wildman–Crippen LogP) is 1.67. The van der Waals surface area contributed by atoms with Gasteiger partial charge in [-0.2, -0.15) is 0 Å². The van der Waals surface area contributed by atoms with E-state index in [2.05, 4.69) is 0 Å². The normalized spacial score (nSPS) is 10.3. The van der Waals surface area contributed by atoms with Gasteiger partial charge in [0.25, 0.3) is 11.5 Å². The van der Waals surface area contributed by atoms with Gasteiger partial charge >= 0.3 is 0 Å². The summed E-state index contributed by atoms with van der Waals surface area (Å²) in [6.07, 6.45) is 1.58. The van der Waals surface area contributed by atoms with Crippen molar-refractivity contribution in [3.63, 3.8) is 0 Å². The standard InChI is InChI=1S/C17H20N2O4/c1-18-9-8-12(10-15(18)20)17(21)19(2)11-13-6-5-7-14(22-3)16(13)23-4/h5-10H,11H2,1-4H3. The Morgan fingerprint density at radius 3 is 2.57 bits per heavy atom. The molecule has 0 N–H and O–H groups in total. The fraction of sp³-hybridized carbons (Fsp3) is 0.294. The van der Waals surface area contributed by atoms with Gasteiger partial charge in [0, 0.05) is 44.0 Å². The van der Waals surface area contributed by atoms with Crippen LogP contribution in [0.4, 0.5) is 0 Å². The number of hydrogen-bond donors (Lipinski definition) is 0. The second-order valence-electron chi connectivity index (χ2n) is 5.18. The summed E-state index contributed by atoms with van der Waals surface area (Å²) in [6, 6.07) is 8.47. The summed E-state index contributed by atoms with van der Waals surface area (Å²) in [6.45, 7) is 0.342. The van der Waals surface area contributed by atoms with Gasteiger partial charge in [-0.1, -0.05) is 12.1 Å². The molecule has 0 saturated carbocycles. The Kier molecular flexibility index (Phi) is 5.05. The summed E-state index contributed by atoms with van der Waals surface area (Å²) in [4.78, 5) is 25.7. The van der Waals surface area contributed by atoms with Crippen LogP contribution in [-0.2, 0) is 13.6 Å². The molecule has 0 spiro atoms. The number of rotatable bonds is 5. The monoisotopic (exact) mass is 316 g/mol. The lowest BCUT2D eigenvalue weighted by Gasteiger charge is -2.20. The van der Waals surface area contributed by atoms with Crippen molar-refractivity contribution in [2.75, 3.05) is 21.3 Å². The SMILES string of the molecule is COc1cccc(CN(C)C(=O)c2ccn(C)c(=O)c2)c1OC. The molecule has 23 heavy (non-hydrogen) atoms. The molecule has 2 aromatic rings. The molecule has 0 fully saturated rings. The summed E-state index contributed by atoms with van der Waals surface area (Å²) in [7, 11) is 6.44. The fourth-order valence-corrected chi connectivity index (χ4v) is 2.31. The molecule has 1 aromatic carbocycles. The maximum atomic E-state index is 12.5. The van der Waals surface area contributed by atoms with E-state index in [1.807, 2.05) is 12.1 Å². The quantitative estimate of drug-likeness (QED) is 0.842. The van der Waals surface area contributed by atoms with Gasteiger partial charge in [0.15, 0.2) is 11.5 Å². The van der Waals surface area contributed by atoms with E-state index >= 15 is 0 Å². The number of carbonyl (C=O) groups excluding carboxylic acids is 1. The van der Waals surface area contributed by atoms with Crippen molar-refractivity contribution in [3.8, 4) is 11.5 Å². The maximum absolute atomic E-state index is 12.5. The third kappa shape index (κ3) is 3.53. The lowest BCUT2D eigenvalue weighted by atomic mass is 10.1. The number of hydrogen-bond acceptors (Lipinski definition) is 4. The summed E-state index contributed by atoms with van der Waals surface area (Å²) in [5.41, 5.74) is 0.965. The number of carbonyl (C=O) groups is 1. The van der Waals surface area contributed by atoms with Gasteiger partial charge in [-0.05, 0) is 12.1 Å². The fourth-order valence-electron chi connectivity index (χ4n) is 2.31. The van der Waals surface area contributed by atoms with Crippen molar-refractivity contribution in [2.45, 2.75) is 6.54 Å². The third-order valence-electron chi connectivity index (χ3n) is 3.59. The van der Waals surface area contributed by atoms with E-state index in [0.29, 0.717) is 23.6 Å². The van der Waals surface area contributed by atoms with Crippen LogP contribution >= 0.6 is 0 Å². The number of aromatic nitrogens is 1. The molecule has 122 valence electrons. The Bertz CT molecular complexity index is 767. The van der Waals surface area contributed by atoms with Crippen LogP contribution in [0.2, 0.25) is 0 Å². The van der Waals surface area contributed by atoms with Gasteiger partial charge in [-0.3, -0.25) is 9.59 Å². The third-order valence-corrected chi connectivity index (χ3v) is 3.59. The number of benzene rings is 1. The molecule has 2 rings (SSSR count). The minimum Gasteiger partial charge on any atom is -0.493 e. The van der Waals surface area contributed by atoms with Crippen LogP contribution in [0, 0.1) is 0 Å². The first-order chi connectivity index (χ1) is 11.0. The Hall–Kier alpha value is -2.76. The number of ether oxygens (including phenoxy) is 2. The van der Waals surface area contributed by atoms with E-state index in [1.165, 1.54) is 15.5 Å². The molecule has 0 aliphatic heterocycles. The molecule has 6 nitrogen and oxygen atoms in total. The maximum Gasteiger partial charge on any atom is 0.254 e. The molecule has 1 amide bonds. The highest BCUT2D eigenvalue weighted by Crippen LogP contribution is 2.31. The lowest BCUT2D eigenvalue weighted by molar-refractivity contribution is 0.0783. The first-order valence-electron chi connectivity index (χ1n) is 7.10. The number of pyridine rings is 1.